The smallest absolute Gasteiger partial charge is 0.228 e. The Labute approximate surface area is 98.7 Å². The van der Waals surface area contributed by atoms with Crippen LogP contribution in [0.25, 0.3) is 0 Å². The molecule has 2 heterocycles. The number of fused-ring (bicyclic) bond motifs is 2. The molecule has 1 atom stereocenters. The summed E-state index contributed by atoms with van der Waals surface area (Å²) in [4.78, 5) is 11.9. The Hall–Kier alpha value is -1.06. The maximum absolute atomic E-state index is 11.9. The third kappa shape index (κ3) is 1.22. The Morgan fingerprint density at radius 2 is 2.25 bits per heavy atom. The summed E-state index contributed by atoms with van der Waals surface area (Å²) in [5.74, 6) is -0.0852. The van der Waals surface area contributed by atoms with Gasteiger partial charge in [-0.05, 0) is 30.2 Å². The first-order valence-electron chi connectivity index (χ1n) is 5.32. The molecule has 1 fully saturated rings. The van der Waals surface area contributed by atoms with Crippen molar-refractivity contribution in [3.8, 4) is 0 Å². The zero-order valence-electron chi connectivity index (χ0n) is 8.92. The van der Waals surface area contributed by atoms with E-state index >= 15 is 0 Å². The largest absolute Gasteiger partial charge is 0.376 e. The topological polar surface area (TPSA) is 38.3 Å². The average molecular weight is 238 g/mol. The summed E-state index contributed by atoms with van der Waals surface area (Å²) in [6, 6.07) is 5.75. The molecular formula is C12H12ClNO2. The number of carbonyl (C=O) groups excluding carboxylic acids is 1. The molecule has 1 aromatic rings. The monoisotopic (exact) mass is 237 g/mol. The van der Waals surface area contributed by atoms with Crippen molar-refractivity contribution in [2.45, 2.75) is 18.4 Å². The van der Waals surface area contributed by atoms with Crippen LogP contribution >= 0.6 is 11.6 Å². The lowest BCUT2D eigenvalue weighted by molar-refractivity contribution is -0.137. The van der Waals surface area contributed by atoms with Crippen LogP contribution in [0.5, 0.6) is 0 Å². The molecule has 1 N–H and O–H groups in total. The predicted molar refractivity (Wildman–Crippen MR) is 60.5 cm³/mol. The third-order valence-corrected chi connectivity index (χ3v) is 3.68. The van der Waals surface area contributed by atoms with Gasteiger partial charge in [0.15, 0.2) is 0 Å². The van der Waals surface area contributed by atoms with Crippen molar-refractivity contribution in [1.29, 1.82) is 0 Å². The predicted octanol–water partition coefficient (Wildman–Crippen LogP) is 1.80. The molecular weight excluding hydrogens is 226 g/mol. The molecule has 84 valence electrons. The highest BCUT2D eigenvalue weighted by Crippen LogP contribution is 2.40. The van der Waals surface area contributed by atoms with E-state index in [-0.39, 0.29) is 17.4 Å². The number of amides is 1. The maximum atomic E-state index is 11.9. The highest BCUT2D eigenvalue weighted by molar-refractivity contribution is 6.30. The fraction of sp³-hybridized carbons (Fsp3) is 0.417. The van der Waals surface area contributed by atoms with Gasteiger partial charge in [0, 0.05) is 5.02 Å². The van der Waals surface area contributed by atoms with E-state index in [1.54, 1.807) is 0 Å². The first-order chi connectivity index (χ1) is 7.62. The van der Waals surface area contributed by atoms with E-state index in [1.807, 2.05) is 25.1 Å². The highest BCUT2D eigenvalue weighted by atomic mass is 35.5. The van der Waals surface area contributed by atoms with E-state index in [9.17, 15) is 4.79 Å². The summed E-state index contributed by atoms with van der Waals surface area (Å²) in [6.07, 6.45) is 0. The minimum absolute atomic E-state index is 0.0538. The van der Waals surface area contributed by atoms with Crippen LogP contribution in [0, 0.1) is 0 Å². The molecule has 1 saturated heterocycles. The van der Waals surface area contributed by atoms with Crippen LogP contribution in [0.15, 0.2) is 18.2 Å². The normalized spacial score (nSPS) is 25.9. The maximum Gasteiger partial charge on any atom is 0.228 e. The van der Waals surface area contributed by atoms with Gasteiger partial charge in [0.05, 0.1) is 19.1 Å². The zero-order valence-corrected chi connectivity index (χ0v) is 9.67. The summed E-state index contributed by atoms with van der Waals surface area (Å²) in [5, 5.41) is 3.72. The van der Waals surface area contributed by atoms with Crippen molar-refractivity contribution in [2.24, 2.45) is 0 Å². The van der Waals surface area contributed by atoms with Crippen LogP contribution in [-0.4, -0.2) is 19.1 Å². The van der Waals surface area contributed by atoms with E-state index in [2.05, 4.69) is 5.32 Å². The van der Waals surface area contributed by atoms with Crippen molar-refractivity contribution in [3.63, 3.8) is 0 Å². The van der Waals surface area contributed by atoms with Crippen LogP contribution < -0.4 is 5.32 Å². The second-order valence-corrected chi connectivity index (χ2v) is 4.95. The molecule has 1 spiro atoms. The minimum atomic E-state index is -0.302. The van der Waals surface area contributed by atoms with Crippen molar-refractivity contribution < 1.29 is 9.53 Å². The van der Waals surface area contributed by atoms with Gasteiger partial charge in [-0.25, -0.2) is 0 Å². The molecule has 4 heteroatoms. The minimum Gasteiger partial charge on any atom is -0.376 e. The van der Waals surface area contributed by atoms with Gasteiger partial charge in [-0.3, -0.25) is 4.79 Å². The molecule has 2 aliphatic heterocycles. The van der Waals surface area contributed by atoms with Crippen LogP contribution in [0.2, 0.25) is 5.02 Å². The van der Waals surface area contributed by atoms with Gasteiger partial charge in [0.25, 0.3) is 0 Å². The lowest BCUT2D eigenvalue weighted by atomic mass is 9.77. The first-order valence-corrected chi connectivity index (χ1v) is 5.70. The van der Waals surface area contributed by atoms with Gasteiger partial charge in [-0.1, -0.05) is 17.7 Å². The molecule has 1 aromatic carbocycles. The Kier molecular flexibility index (Phi) is 2.03. The summed E-state index contributed by atoms with van der Waals surface area (Å²) in [7, 11) is 0. The third-order valence-electron chi connectivity index (χ3n) is 3.45. The van der Waals surface area contributed by atoms with Crippen molar-refractivity contribution in [2.75, 3.05) is 13.2 Å². The molecule has 0 aliphatic carbocycles. The molecule has 16 heavy (non-hydrogen) atoms. The number of carbonyl (C=O) groups is 1. The van der Waals surface area contributed by atoms with E-state index in [0.29, 0.717) is 18.2 Å². The molecule has 3 nitrogen and oxygen atoms in total. The van der Waals surface area contributed by atoms with E-state index in [4.69, 9.17) is 16.3 Å². The van der Waals surface area contributed by atoms with Crippen LogP contribution in [0.3, 0.4) is 0 Å². The van der Waals surface area contributed by atoms with E-state index < -0.39 is 0 Å². The van der Waals surface area contributed by atoms with Gasteiger partial charge in [-0.15, -0.1) is 0 Å². The summed E-state index contributed by atoms with van der Waals surface area (Å²) >= 11 is 5.98. The second-order valence-electron chi connectivity index (χ2n) is 4.52. The lowest BCUT2D eigenvalue weighted by Gasteiger charge is -2.47. The Bertz CT molecular complexity index is 468. The van der Waals surface area contributed by atoms with Crippen molar-refractivity contribution in [1.82, 2.24) is 5.32 Å². The number of halogens is 1. The van der Waals surface area contributed by atoms with Crippen molar-refractivity contribution in [3.05, 3.63) is 34.3 Å². The van der Waals surface area contributed by atoms with Gasteiger partial charge in [0.1, 0.15) is 5.54 Å². The zero-order chi connectivity index (χ0) is 11.3. The van der Waals surface area contributed by atoms with E-state index in [1.165, 1.54) is 0 Å². The van der Waals surface area contributed by atoms with Crippen LogP contribution in [-0.2, 0) is 15.1 Å². The molecule has 0 saturated carbocycles. The number of hydrogen-bond donors (Lipinski definition) is 1. The molecule has 2 aliphatic rings. The summed E-state index contributed by atoms with van der Waals surface area (Å²) in [6.45, 7) is 3.01. The Balaban J connectivity index is 2.18. The molecule has 0 aromatic heterocycles. The second kappa shape index (κ2) is 3.22. The number of nitrogens with one attached hydrogen (secondary N) is 1. The number of benzene rings is 1. The SMILES string of the molecule is CC1C(=O)NC2(COC2)c2ccc(Cl)cc21. The summed E-state index contributed by atoms with van der Waals surface area (Å²) < 4.78 is 5.24. The average Bonchev–Trinajstić information content (AvgIpc) is 2.21. The molecule has 0 bridgehead atoms. The van der Waals surface area contributed by atoms with Gasteiger partial charge in [0.2, 0.25) is 5.91 Å². The number of rotatable bonds is 0. The van der Waals surface area contributed by atoms with E-state index in [0.717, 1.165) is 11.1 Å². The molecule has 1 unspecified atom stereocenters. The number of hydrogen-bond acceptors (Lipinski definition) is 2. The summed E-state index contributed by atoms with van der Waals surface area (Å²) in [5.41, 5.74) is 1.87. The Morgan fingerprint density at radius 1 is 1.50 bits per heavy atom. The molecule has 3 rings (SSSR count). The van der Waals surface area contributed by atoms with Gasteiger partial charge in [-0.2, -0.15) is 0 Å². The highest BCUT2D eigenvalue weighted by Gasteiger charge is 2.47. The fourth-order valence-corrected chi connectivity index (χ4v) is 2.59. The number of ether oxygens (including phenoxy) is 1. The standard InChI is InChI=1S/C12H12ClNO2/c1-7-9-4-8(13)2-3-10(9)12(5-16-6-12)14-11(7)15/h2-4,7H,5-6H2,1H3,(H,14,15). The molecule has 1 amide bonds. The van der Waals surface area contributed by atoms with Crippen molar-refractivity contribution >= 4 is 17.5 Å². The van der Waals surface area contributed by atoms with Gasteiger partial charge >= 0.3 is 0 Å². The fourth-order valence-electron chi connectivity index (χ4n) is 2.41. The van der Waals surface area contributed by atoms with Crippen LogP contribution in [0.4, 0.5) is 0 Å². The van der Waals surface area contributed by atoms with Gasteiger partial charge < -0.3 is 10.1 Å². The lowest BCUT2D eigenvalue weighted by Crippen LogP contribution is -2.62. The van der Waals surface area contributed by atoms with Crippen LogP contribution in [0.1, 0.15) is 24.0 Å². The molecule has 0 radical (unpaired) electrons. The Morgan fingerprint density at radius 3 is 2.88 bits per heavy atom. The quantitative estimate of drug-likeness (QED) is 0.747. The first kappa shape index (κ1) is 10.1.